The molecule has 19 heavy (non-hydrogen) atoms. The molecule has 1 aliphatic rings. The van der Waals surface area contributed by atoms with Gasteiger partial charge in [0.1, 0.15) is 0 Å². The van der Waals surface area contributed by atoms with Crippen molar-refractivity contribution in [3.8, 4) is 0 Å². The first kappa shape index (κ1) is 14.9. The van der Waals surface area contributed by atoms with Gasteiger partial charge in [-0.1, -0.05) is 56.0 Å². The van der Waals surface area contributed by atoms with Crippen molar-refractivity contribution in [1.82, 2.24) is 5.32 Å². The monoisotopic (exact) mass is 279 g/mol. The molecule has 0 amide bonds. The van der Waals surface area contributed by atoms with Crippen molar-refractivity contribution >= 4 is 11.6 Å². The molecule has 1 aliphatic carbocycles. The highest BCUT2D eigenvalue weighted by molar-refractivity contribution is 6.31. The molecule has 0 bridgehead atoms. The van der Waals surface area contributed by atoms with Crippen molar-refractivity contribution < 1.29 is 0 Å². The molecular weight excluding hydrogens is 254 g/mol. The fourth-order valence-corrected chi connectivity index (χ4v) is 3.52. The number of nitrogens with one attached hydrogen (secondary N) is 1. The molecule has 0 saturated heterocycles. The van der Waals surface area contributed by atoms with Gasteiger partial charge in [0.05, 0.1) is 0 Å². The van der Waals surface area contributed by atoms with Crippen LogP contribution in [-0.4, -0.2) is 6.04 Å². The first-order valence-corrected chi connectivity index (χ1v) is 8.09. The van der Waals surface area contributed by atoms with E-state index in [-0.39, 0.29) is 0 Å². The Morgan fingerprint density at radius 2 is 2.00 bits per heavy atom. The third-order valence-corrected chi connectivity index (χ3v) is 4.87. The molecule has 0 aliphatic heterocycles. The number of hydrogen-bond donors (Lipinski definition) is 1. The van der Waals surface area contributed by atoms with Gasteiger partial charge in [0.2, 0.25) is 0 Å². The summed E-state index contributed by atoms with van der Waals surface area (Å²) in [6, 6.07) is 9.18. The quantitative estimate of drug-likeness (QED) is 0.733. The topological polar surface area (TPSA) is 12.0 Å². The number of benzene rings is 1. The van der Waals surface area contributed by atoms with E-state index >= 15 is 0 Å². The van der Waals surface area contributed by atoms with Gasteiger partial charge in [-0.05, 0) is 43.7 Å². The Labute approximate surface area is 122 Å². The van der Waals surface area contributed by atoms with Crippen LogP contribution in [0, 0.1) is 5.92 Å². The van der Waals surface area contributed by atoms with Crippen LogP contribution in [0.1, 0.15) is 64.0 Å². The smallest absolute Gasteiger partial charge is 0.0453 e. The zero-order valence-corrected chi connectivity index (χ0v) is 12.9. The van der Waals surface area contributed by atoms with E-state index in [0.29, 0.717) is 12.1 Å². The van der Waals surface area contributed by atoms with Gasteiger partial charge in [-0.25, -0.2) is 0 Å². The second kappa shape index (κ2) is 7.31. The molecule has 0 radical (unpaired) electrons. The Morgan fingerprint density at radius 3 is 2.74 bits per heavy atom. The van der Waals surface area contributed by atoms with E-state index in [9.17, 15) is 0 Å². The minimum absolute atomic E-state index is 0.344. The van der Waals surface area contributed by atoms with Gasteiger partial charge >= 0.3 is 0 Å². The van der Waals surface area contributed by atoms with Crippen LogP contribution in [0.4, 0.5) is 0 Å². The van der Waals surface area contributed by atoms with E-state index in [2.05, 4.69) is 31.3 Å². The van der Waals surface area contributed by atoms with E-state index in [4.69, 9.17) is 11.6 Å². The van der Waals surface area contributed by atoms with E-state index in [1.807, 2.05) is 12.1 Å². The van der Waals surface area contributed by atoms with Crippen molar-refractivity contribution in [2.75, 3.05) is 0 Å². The van der Waals surface area contributed by atoms with Gasteiger partial charge < -0.3 is 5.32 Å². The Kier molecular flexibility index (Phi) is 5.72. The van der Waals surface area contributed by atoms with Crippen LogP contribution in [0.25, 0.3) is 0 Å². The Balaban J connectivity index is 1.92. The fraction of sp³-hybridized carbons (Fsp3) is 0.647. The van der Waals surface area contributed by atoms with Crippen LogP contribution in [-0.2, 0) is 0 Å². The van der Waals surface area contributed by atoms with Crippen LogP contribution in [0.15, 0.2) is 24.3 Å². The first-order valence-electron chi connectivity index (χ1n) is 7.71. The van der Waals surface area contributed by atoms with Crippen molar-refractivity contribution in [2.45, 2.75) is 64.5 Å². The van der Waals surface area contributed by atoms with E-state index in [0.717, 1.165) is 10.9 Å². The maximum atomic E-state index is 6.27. The van der Waals surface area contributed by atoms with Gasteiger partial charge in [0.15, 0.2) is 0 Å². The third-order valence-electron chi connectivity index (χ3n) is 4.52. The van der Waals surface area contributed by atoms with Crippen molar-refractivity contribution in [3.63, 3.8) is 0 Å². The fourth-order valence-electron chi connectivity index (χ4n) is 3.22. The average molecular weight is 280 g/mol. The second-order valence-corrected chi connectivity index (χ2v) is 6.30. The lowest BCUT2D eigenvalue weighted by Crippen LogP contribution is -2.31. The highest BCUT2D eigenvalue weighted by atomic mass is 35.5. The highest BCUT2D eigenvalue weighted by Gasteiger charge is 2.20. The third kappa shape index (κ3) is 4.22. The van der Waals surface area contributed by atoms with E-state index < -0.39 is 0 Å². The molecular formula is C17H26ClN. The summed E-state index contributed by atoms with van der Waals surface area (Å²) in [5, 5.41) is 4.65. The average Bonchev–Trinajstić information content (AvgIpc) is 2.64. The molecule has 2 rings (SSSR count). The van der Waals surface area contributed by atoms with E-state index in [1.165, 1.54) is 44.1 Å². The molecule has 1 saturated carbocycles. The zero-order valence-electron chi connectivity index (χ0n) is 12.2. The van der Waals surface area contributed by atoms with E-state index in [1.54, 1.807) is 0 Å². The SMILES string of the molecule is CCC1CCCC(N[C@H](C)c2ccccc2Cl)CC1. The maximum absolute atomic E-state index is 6.27. The standard InChI is InChI=1S/C17H26ClN/c1-3-14-7-6-8-15(12-11-14)19-13(2)16-9-4-5-10-17(16)18/h4-5,9-10,13-15,19H,3,6-8,11-12H2,1-2H3/t13-,14?,15?/m1/s1. The highest BCUT2D eigenvalue weighted by Crippen LogP contribution is 2.28. The molecule has 0 heterocycles. The first-order chi connectivity index (χ1) is 9.20. The molecule has 2 heteroatoms. The van der Waals surface area contributed by atoms with Gasteiger partial charge in [-0.3, -0.25) is 0 Å². The molecule has 1 fully saturated rings. The maximum Gasteiger partial charge on any atom is 0.0453 e. The summed E-state index contributed by atoms with van der Waals surface area (Å²) in [5.41, 5.74) is 1.22. The Morgan fingerprint density at radius 1 is 1.21 bits per heavy atom. The molecule has 106 valence electrons. The molecule has 0 aromatic heterocycles. The Bertz CT molecular complexity index is 391. The number of halogens is 1. The van der Waals surface area contributed by atoms with Crippen LogP contribution >= 0.6 is 11.6 Å². The van der Waals surface area contributed by atoms with Gasteiger partial charge in [0, 0.05) is 17.1 Å². The van der Waals surface area contributed by atoms with Gasteiger partial charge in [-0.2, -0.15) is 0 Å². The molecule has 2 unspecified atom stereocenters. The Hall–Kier alpha value is -0.530. The summed E-state index contributed by atoms with van der Waals surface area (Å²) in [6.07, 6.45) is 8.12. The van der Waals surface area contributed by atoms with Crippen molar-refractivity contribution in [3.05, 3.63) is 34.9 Å². The molecule has 0 spiro atoms. The van der Waals surface area contributed by atoms with Gasteiger partial charge in [0.25, 0.3) is 0 Å². The summed E-state index contributed by atoms with van der Waals surface area (Å²) in [6.45, 7) is 4.55. The minimum Gasteiger partial charge on any atom is -0.307 e. The largest absolute Gasteiger partial charge is 0.307 e. The lowest BCUT2D eigenvalue weighted by Gasteiger charge is -2.23. The predicted octanol–water partition coefficient (Wildman–Crippen LogP) is 5.35. The summed E-state index contributed by atoms with van der Waals surface area (Å²) in [7, 11) is 0. The normalized spacial score (nSPS) is 25.8. The van der Waals surface area contributed by atoms with Crippen LogP contribution in [0.5, 0.6) is 0 Å². The molecule has 1 aromatic rings. The number of hydrogen-bond acceptors (Lipinski definition) is 1. The van der Waals surface area contributed by atoms with Crippen LogP contribution in [0.2, 0.25) is 5.02 Å². The predicted molar refractivity (Wildman–Crippen MR) is 83.7 cm³/mol. The summed E-state index contributed by atoms with van der Waals surface area (Å²) in [4.78, 5) is 0. The molecule has 1 aromatic carbocycles. The van der Waals surface area contributed by atoms with Gasteiger partial charge in [-0.15, -0.1) is 0 Å². The minimum atomic E-state index is 0.344. The zero-order chi connectivity index (χ0) is 13.7. The second-order valence-electron chi connectivity index (χ2n) is 5.89. The van der Waals surface area contributed by atoms with Crippen molar-refractivity contribution in [1.29, 1.82) is 0 Å². The van der Waals surface area contributed by atoms with Crippen LogP contribution < -0.4 is 5.32 Å². The summed E-state index contributed by atoms with van der Waals surface area (Å²) in [5.74, 6) is 0.947. The number of rotatable bonds is 4. The lowest BCUT2D eigenvalue weighted by molar-refractivity contribution is 0.400. The molecule has 3 atom stereocenters. The summed E-state index contributed by atoms with van der Waals surface area (Å²) < 4.78 is 0. The lowest BCUT2D eigenvalue weighted by atomic mass is 9.97. The van der Waals surface area contributed by atoms with Crippen molar-refractivity contribution in [2.24, 2.45) is 5.92 Å². The summed E-state index contributed by atoms with van der Waals surface area (Å²) >= 11 is 6.27. The molecule has 1 N–H and O–H groups in total. The van der Waals surface area contributed by atoms with Crippen LogP contribution in [0.3, 0.4) is 0 Å². The molecule has 1 nitrogen and oxygen atoms in total.